The summed E-state index contributed by atoms with van der Waals surface area (Å²) in [6, 6.07) is 4.04. The molecular weight excluding hydrogens is 264 g/mol. The van der Waals surface area contributed by atoms with E-state index in [0.29, 0.717) is 12.5 Å². The molecule has 2 amide bonds. The van der Waals surface area contributed by atoms with Crippen LogP contribution in [0.15, 0.2) is 12.1 Å². The predicted molar refractivity (Wildman–Crippen MR) is 86.4 cm³/mol. The summed E-state index contributed by atoms with van der Waals surface area (Å²) in [6.07, 6.45) is 0.786. The molecule has 0 aromatic heterocycles. The third kappa shape index (κ3) is 5.98. The highest BCUT2D eigenvalue weighted by Gasteiger charge is 2.12. The van der Waals surface area contributed by atoms with Crippen molar-refractivity contribution in [1.82, 2.24) is 5.32 Å². The monoisotopic (exact) mass is 290 g/mol. The molecule has 21 heavy (non-hydrogen) atoms. The minimum absolute atomic E-state index is 0.134. The molecule has 0 saturated heterocycles. The highest BCUT2D eigenvalue weighted by Crippen LogP contribution is 2.21. The molecule has 4 heteroatoms. The number of benzene rings is 1. The van der Waals surface area contributed by atoms with Crippen molar-refractivity contribution in [3.05, 3.63) is 28.8 Å². The summed E-state index contributed by atoms with van der Waals surface area (Å²) >= 11 is 0. The molecule has 2 N–H and O–H groups in total. The van der Waals surface area contributed by atoms with Crippen LogP contribution in [0.25, 0.3) is 0 Å². The fraction of sp³-hybridized carbons (Fsp3) is 0.529. The van der Waals surface area contributed by atoms with Crippen molar-refractivity contribution >= 4 is 17.5 Å². The Hall–Kier alpha value is -1.84. The minimum atomic E-state index is -0.271. The van der Waals surface area contributed by atoms with Gasteiger partial charge in [0.1, 0.15) is 6.42 Å². The largest absolute Gasteiger partial charge is 0.356 e. The van der Waals surface area contributed by atoms with Crippen molar-refractivity contribution in [3.8, 4) is 0 Å². The van der Waals surface area contributed by atoms with Gasteiger partial charge in [0.2, 0.25) is 11.8 Å². The lowest BCUT2D eigenvalue weighted by Gasteiger charge is -2.13. The third-order valence-corrected chi connectivity index (χ3v) is 3.31. The molecule has 0 aliphatic heterocycles. The number of carbonyl (C=O) groups is 2. The van der Waals surface area contributed by atoms with Crippen molar-refractivity contribution < 1.29 is 9.59 Å². The fourth-order valence-electron chi connectivity index (χ4n) is 2.27. The number of aryl methyl sites for hydroxylation is 3. The number of hydrogen-bond acceptors (Lipinski definition) is 2. The molecule has 0 aliphatic carbocycles. The minimum Gasteiger partial charge on any atom is -0.356 e. The van der Waals surface area contributed by atoms with Crippen LogP contribution in [0.3, 0.4) is 0 Å². The van der Waals surface area contributed by atoms with E-state index < -0.39 is 0 Å². The van der Waals surface area contributed by atoms with E-state index in [-0.39, 0.29) is 18.2 Å². The summed E-state index contributed by atoms with van der Waals surface area (Å²) < 4.78 is 0. The molecule has 116 valence electrons. The molecule has 0 bridgehead atoms. The van der Waals surface area contributed by atoms with Crippen LogP contribution < -0.4 is 10.6 Å². The van der Waals surface area contributed by atoms with Crippen molar-refractivity contribution in [3.63, 3.8) is 0 Å². The zero-order valence-electron chi connectivity index (χ0n) is 13.7. The van der Waals surface area contributed by atoms with Gasteiger partial charge in [0.25, 0.3) is 0 Å². The molecule has 0 atom stereocenters. The molecule has 0 spiro atoms. The van der Waals surface area contributed by atoms with E-state index in [0.717, 1.165) is 28.8 Å². The number of nitrogens with one attached hydrogen (secondary N) is 2. The number of rotatable bonds is 6. The normalized spacial score (nSPS) is 10.6. The smallest absolute Gasteiger partial charge is 0.233 e. The first-order valence-electron chi connectivity index (χ1n) is 7.44. The Bertz CT molecular complexity index is 499. The Morgan fingerprint density at radius 1 is 1.05 bits per heavy atom. The van der Waals surface area contributed by atoms with E-state index in [2.05, 4.69) is 24.5 Å². The molecule has 1 aromatic carbocycles. The van der Waals surface area contributed by atoms with Crippen LogP contribution in [-0.4, -0.2) is 18.4 Å². The van der Waals surface area contributed by atoms with Crippen LogP contribution in [0.2, 0.25) is 0 Å². The maximum atomic E-state index is 11.9. The van der Waals surface area contributed by atoms with Crippen LogP contribution >= 0.6 is 0 Å². The van der Waals surface area contributed by atoms with Crippen molar-refractivity contribution in [1.29, 1.82) is 0 Å². The number of amides is 2. The Morgan fingerprint density at radius 3 is 2.14 bits per heavy atom. The summed E-state index contributed by atoms with van der Waals surface area (Å²) in [5.41, 5.74) is 4.00. The highest BCUT2D eigenvalue weighted by atomic mass is 16.2. The first-order valence-corrected chi connectivity index (χ1v) is 7.44. The zero-order valence-corrected chi connectivity index (χ0v) is 13.7. The van der Waals surface area contributed by atoms with E-state index in [1.165, 1.54) is 0 Å². The first-order chi connectivity index (χ1) is 9.79. The summed E-state index contributed by atoms with van der Waals surface area (Å²) in [5.74, 6) is 0.0413. The molecule has 0 heterocycles. The predicted octanol–water partition coefficient (Wildman–Crippen LogP) is 3.10. The topological polar surface area (TPSA) is 58.2 Å². The molecule has 1 rings (SSSR count). The molecule has 0 fully saturated rings. The molecule has 0 unspecified atom stereocenters. The standard InChI is InChI=1S/C17H26N2O2/c1-11(2)6-7-18-15(20)10-16(21)19-17-13(4)8-12(3)9-14(17)5/h8-9,11H,6-7,10H2,1-5H3,(H,18,20)(H,19,21). The quantitative estimate of drug-likeness (QED) is 0.791. The number of anilines is 1. The van der Waals surface area contributed by atoms with Gasteiger partial charge in [-0.1, -0.05) is 31.5 Å². The van der Waals surface area contributed by atoms with E-state index in [4.69, 9.17) is 0 Å². The zero-order chi connectivity index (χ0) is 16.0. The number of carbonyl (C=O) groups excluding carboxylic acids is 2. The van der Waals surface area contributed by atoms with E-state index >= 15 is 0 Å². The summed E-state index contributed by atoms with van der Waals surface area (Å²) in [6.45, 7) is 10.8. The van der Waals surface area contributed by atoms with E-state index in [9.17, 15) is 9.59 Å². The SMILES string of the molecule is Cc1cc(C)c(NC(=O)CC(=O)NCCC(C)C)c(C)c1. The van der Waals surface area contributed by atoms with Crippen molar-refractivity contribution in [2.24, 2.45) is 5.92 Å². The van der Waals surface area contributed by atoms with Gasteiger partial charge in [-0.15, -0.1) is 0 Å². The second-order valence-corrected chi connectivity index (χ2v) is 6.03. The van der Waals surface area contributed by atoms with Crippen LogP contribution in [0.4, 0.5) is 5.69 Å². The average Bonchev–Trinajstić information content (AvgIpc) is 2.33. The first kappa shape index (κ1) is 17.2. The molecular formula is C17H26N2O2. The Labute approximate surface area is 127 Å². The molecule has 0 saturated carbocycles. The maximum absolute atomic E-state index is 11.9. The van der Waals surface area contributed by atoms with Gasteiger partial charge in [0.05, 0.1) is 0 Å². The van der Waals surface area contributed by atoms with E-state index in [1.807, 2.05) is 32.9 Å². The Kier molecular flexibility index (Phi) is 6.40. The lowest BCUT2D eigenvalue weighted by Crippen LogP contribution is -2.29. The Morgan fingerprint density at radius 2 is 1.62 bits per heavy atom. The molecule has 0 radical (unpaired) electrons. The second-order valence-electron chi connectivity index (χ2n) is 6.03. The van der Waals surface area contributed by atoms with Gasteiger partial charge in [-0.25, -0.2) is 0 Å². The van der Waals surface area contributed by atoms with Crippen molar-refractivity contribution in [2.45, 2.75) is 47.5 Å². The van der Waals surface area contributed by atoms with Crippen LogP contribution in [0.1, 0.15) is 43.4 Å². The molecule has 4 nitrogen and oxygen atoms in total. The van der Waals surface area contributed by atoms with E-state index in [1.54, 1.807) is 0 Å². The lowest BCUT2D eigenvalue weighted by atomic mass is 10.0. The number of hydrogen-bond donors (Lipinski definition) is 2. The fourth-order valence-corrected chi connectivity index (χ4v) is 2.27. The van der Waals surface area contributed by atoms with Gasteiger partial charge in [0.15, 0.2) is 0 Å². The second kappa shape index (κ2) is 7.81. The molecule has 0 aliphatic rings. The van der Waals surface area contributed by atoms with Gasteiger partial charge >= 0.3 is 0 Å². The van der Waals surface area contributed by atoms with Gasteiger partial charge in [-0.05, 0) is 44.2 Å². The average molecular weight is 290 g/mol. The van der Waals surface area contributed by atoms with Crippen molar-refractivity contribution in [2.75, 3.05) is 11.9 Å². The summed E-state index contributed by atoms with van der Waals surface area (Å²) in [5, 5.41) is 5.61. The van der Waals surface area contributed by atoms with Crippen LogP contribution in [0, 0.1) is 26.7 Å². The van der Waals surface area contributed by atoms with Gasteiger partial charge in [-0.3, -0.25) is 9.59 Å². The summed E-state index contributed by atoms with van der Waals surface area (Å²) in [4.78, 5) is 23.6. The highest BCUT2D eigenvalue weighted by molar-refractivity contribution is 6.04. The molecule has 1 aromatic rings. The van der Waals surface area contributed by atoms with Crippen LogP contribution in [0.5, 0.6) is 0 Å². The maximum Gasteiger partial charge on any atom is 0.233 e. The lowest BCUT2D eigenvalue weighted by molar-refractivity contribution is -0.126. The Balaban J connectivity index is 2.53. The van der Waals surface area contributed by atoms with Gasteiger partial charge in [0, 0.05) is 12.2 Å². The van der Waals surface area contributed by atoms with Gasteiger partial charge in [-0.2, -0.15) is 0 Å². The summed E-state index contributed by atoms with van der Waals surface area (Å²) in [7, 11) is 0. The van der Waals surface area contributed by atoms with Gasteiger partial charge < -0.3 is 10.6 Å². The third-order valence-electron chi connectivity index (χ3n) is 3.31. The van der Waals surface area contributed by atoms with Crippen LogP contribution in [-0.2, 0) is 9.59 Å².